The van der Waals surface area contributed by atoms with Crippen molar-refractivity contribution in [1.82, 2.24) is 14.3 Å². The molecular formula is C19H19N3O3. The molecule has 25 heavy (non-hydrogen) atoms. The van der Waals surface area contributed by atoms with Crippen molar-refractivity contribution in [1.29, 1.82) is 0 Å². The van der Waals surface area contributed by atoms with E-state index in [0.717, 1.165) is 11.1 Å². The Hall–Kier alpha value is -2.99. The molecule has 2 heterocycles. The van der Waals surface area contributed by atoms with Crippen molar-refractivity contribution in [2.24, 2.45) is 0 Å². The maximum Gasteiger partial charge on any atom is 0.270 e. The van der Waals surface area contributed by atoms with Crippen LogP contribution in [-0.4, -0.2) is 38.4 Å². The third kappa shape index (κ3) is 3.59. The molecule has 0 saturated carbocycles. The normalized spacial score (nSPS) is 10.8. The molecule has 1 N–H and O–H groups in total. The first-order chi connectivity index (χ1) is 12.1. The molecule has 3 rings (SSSR count). The molecule has 1 aromatic carbocycles. The van der Waals surface area contributed by atoms with E-state index in [9.17, 15) is 14.7 Å². The number of benzene rings is 1. The van der Waals surface area contributed by atoms with Crippen molar-refractivity contribution in [3.63, 3.8) is 0 Å². The number of hydrogen-bond donors (Lipinski definition) is 1. The van der Waals surface area contributed by atoms with E-state index >= 15 is 0 Å². The summed E-state index contributed by atoms with van der Waals surface area (Å²) in [5.74, 6) is -0.439. The van der Waals surface area contributed by atoms with E-state index in [2.05, 4.69) is 4.98 Å². The quantitative estimate of drug-likeness (QED) is 0.768. The van der Waals surface area contributed by atoms with Crippen LogP contribution in [0.4, 0.5) is 0 Å². The predicted octanol–water partition coefficient (Wildman–Crippen LogP) is 1.64. The highest BCUT2D eigenvalue weighted by molar-refractivity contribution is 5.93. The van der Waals surface area contributed by atoms with Crippen LogP contribution >= 0.6 is 0 Å². The molecule has 0 aliphatic heterocycles. The molecule has 0 aliphatic carbocycles. The van der Waals surface area contributed by atoms with Gasteiger partial charge in [-0.05, 0) is 24.1 Å². The second kappa shape index (κ2) is 7.27. The van der Waals surface area contributed by atoms with Gasteiger partial charge in [0.1, 0.15) is 11.2 Å². The second-order valence-electron chi connectivity index (χ2n) is 5.85. The van der Waals surface area contributed by atoms with Crippen LogP contribution in [0.1, 0.15) is 21.5 Å². The van der Waals surface area contributed by atoms with Crippen molar-refractivity contribution < 1.29 is 9.90 Å². The summed E-state index contributed by atoms with van der Waals surface area (Å²) in [6.45, 7) is 2.15. The van der Waals surface area contributed by atoms with Gasteiger partial charge in [-0.15, -0.1) is 0 Å². The number of carbonyl (C=O) groups is 1. The molecule has 0 aliphatic rings. The standard InChI is InChI=1S/C19H19N3O3/c1-14-7-8-17-20-11-16(19(25)22(17)12-14)18(24)21(9-10-23)13-15-5-3-2-4-6-15/h2-8,11-12,23H,9-10,13H2,1H3. The van der Waals surface area contributed by atoms with Crippen LogP contribution in [0.3, 0.4) is 0 Å². The zero-order chi connectivity index (χ0) is 17.8. The summed E-state index contributed by atoms with van der Waals surface area (Å²) in [6, 6.07) is 13.0. The maximum atomic E-state index is 12.9. The van der Waals surface area contributed by atoms with E-state index < -0.39 is 11.5 Å². The Balaban J connectivity index is 1.98. The number of aromatic nitrogens is 2. The SMILES string of the molecule is Cc1ccc2ncc(C(=O)N(CCO)Cc3ccccc3)c(=O)n2c1. The minimum absolute atomic E-state index is 0.00696. The van der Waals surface area contributed by atoms with Crippen LogP contribution in [0.2, 0.25) is 0 Å². The fourth-order valence-corrected chi connectivity index (χ4v) is 2.68. The number of aliphatic hydroxyl groups excluding tert-OH is 1. The number of pyridine rings is 1. The second-order valence-corrected chi connectivity index (χ2v) is 5.85. The molecule has 6 nitrogen and oxygen atoms in total. The zero-order valence-corrected chi connectivity index (χ0v) is 13.9. The van der Waals surface area contributed by atoms with E-state index in [0.29, 0.717) is 12.2 Å². The van der Waals surface area contributed by atoms with Crippen molar-refractivity contribution in [2.75, 3.05) is 13.2 Å². The van der Waals surface area contributed by atoms with Gasteiger partial charge in [-0.1, -0.05) is 36.4 Å². The van der Waals surface area contributed by atoms with Gasteiger partial charge in [0.15, 0.2) is 0 Å². The first kappa shape index (κ1) is 16.9. The van der Waals surface area contributed by atoms with Gasteiger partial charge in [0.2, 0.25) is 0 Å². The van der Waals surface area contributed by atoms with Crippen LogP contribution in [-0.2, 0) is 6.54 Å². The number of aryl methyl sites for hydroxylation is 1. The number of aliphatic hydroxyl groups is 1. The first-order valence-electron chi connectivity index (χ1n) is 8.02. The minimum Gasteiger partial charge on any atom is -0.395 e. The maximum absolute atomic E-state index is 12.9. The summed E-state index contributed by atoms with van der Waals surface area (Å²) in [6.07, 6.45) is 2.97. The van der Waals surface area contributed by atoms with Crippen LogP contribution in [0.5, 0.6) is 0 Å². The van der Waals surface area contributed by atoms with Gasteiger partial charge in [-0.3, -0.25) is 14.0 Å². The number of carbonyl (C=O) groups excluding carboxylic acids is 1. The van der Waals surface area contributed by atoms with Gasteiger partial charge < -0.3 is 10.0 Å². The summed E-state index contributed by atoms with van der Waals surface area (Å²) < 4.78 is 1.38. The van der Waals surface area contributed by atoms with Crippen LogP contribution in [0.15, 0.2) is 59.7 Å². The third-order valence-corrected chi connectivity index (χ3v) is 3.95. The fraction of sp³-hybridized carbons (Fsp3) is 0.211. The molecule has 6 heteroatoms. The fourth-order valence-electron chi connectivity index (χ4n) is 2.68. The van der Waals surface area contributed by atoms with Gasteiger partial charge in [-0.2, -0.15) is 0 Å². The van der Waals surface area contributed by atoms with Crippen LogP contribution in [0.25, 0.3) is 5.65 Å². The molecular weight excluding hydrogens is 318 g/mol. The zero-order valence-electron chi connectivity index (χ0n) is 13.9. The highest BCUT2D eigenvalue weighted by Crippen LogP contribution is 2.09. The number of fused-ring (bicyclic) bond motifs is 1. The molecule has 0 atom stereocenters. The van der Waals surface area contributed by atoms with E-state index in [4.69, 9.17) is 0 Å². The average molecular weight is 337 g/mol. The molecule has 3 aromatic rings. The van der Waals surface area contributed by atoms with Gasteiger partial charge in [0, 0.05) is 25.5 Å². The lowest BCUT2D eigenvalue weighted by molar-refractivity contribution is 0.0705. The molecule has 0 fully saturated rings. The minimum atomic E-state index is -0.439. The summed E-state index contributed by atoms with van der Waals surface area (Å²) in [4.78, 5) is 31.2. The topological polar surface area (TPSA) is 74.9 Å². The number of amides is 1. The summed E-state index contributed by atoms with van der Waals surface area (Å²) in [5.41, 5.74) is 1.90. The van der Waals surface area contributed by atoms with Gasteiger partial charge in [-0.25, -0.2) is 4.98 Å². The van der Waals surface area contributed by atoms with Crippen LogP contribution < -0.4 is 5.56 Å². The van der Waals surface area contributed by atoms with Gasteiger partial charge in [0.25, 0.3) is 11.5 Å². The Bertz CT molecular complexity index is 951. The lowest BCUT2D eigenvalue weighted by atomic mass is 10.2. The molecule has 1 amide bonds. The smallest absolute Gasteiger partial charge is 0.270 e. The van der Waals surface area contributed by atoms with E-state index in [1.807, 2.05) is 43.3 Å². The molecule has 0 bridgehead atoms. The van der Waals surface area contributed by atoms with Crippen molar-refractivity contribution in [3.8, 4) is 0 Å². The van der Waals surface area contributed by atoms with Crippen LogP contribution in [0, 0.1) is 6.92 Å². The summed E-state index contributed by atoms with van der Waals surface area (Å²) in [7, 11) is 0. The Morgan fingerprint density at radius 1 is 1.20 bits per heavy atom. The van der Waals surface area contributed by atoms with E-state index in [1.165, 1.54) is 15.5 Å². The molecule has 0 unspecified atom stereocenters. The summed E-state index contributed by atoms with van der Waals surface area (Å²) in [5, 5.41) is 9.30. The van der Waals surface area contributed by atoms with Gasteiger partial charge >= 0.3 is 0 Å². The van der Waals surface area contributed by atoms with Gasteiger partial charge in [0.05, 0.1) is 6.61 Å². The highest BCUT2D eigenvalue weighted by Gasteiger charge is 2.20. The Morgan fingerprint density at radius 2 is 1.96 bits per heavy atom. The van der Waals surface area contributed by atoms with E-state index in [-0.39, 0.29) is 18.7 Å². The van der Waals surface area contributed by atoms with Crippen molar-refractivity contribution in [3.05, 3.63) is 81.9 Å². The lowest BCUT2D eigenvalue weighted by Gasteiger charge is -2.21. The molecule has 0 saturated heterocycles. The Morgan fingerprint density at radius 3 is 2.68 bits per heavy atom. The number of rotatable bonds is 5. The lowest BCUT2D eigenvalue weighted by Crippen LogP contribution is -2.37. The summed E-state index contributed by atoms with van der Waals surface area (Å²) >= 11 is 0. The predicted molar refractivity (Wildman–Crippen MR) is 94.5 cm³/mol. The highest BCUT2D eigenvalue weighted by atomic mass is 16.3. The molecule has 0 radical (unpaired) electrons. The van der Waals surface area contributed by atoms with Crippen molar-refractivity contribution in [2.45, 2.75) is 13.5 Å². The first-order valence-corrected chi connectivity index (χ1v) is 8.02. The number of hydrogen-bond acceptors (Lipinski definition) is 4. The van der Waals surface area contributed by atoms with Crippen molar-refractivity contribution >= 4 is 11.6 Å². The Labute approximate surface area is 145 Å². The molecule has 0 spiro atoms. The van der Waals surface area contributed by atoms with E-state index in [1.54, 1.807) is 12.3 Å². The molecule has 2 aromatic heterocycles. The average Bonchev–Trinajstić information content (AvgIpc) is 2.62. The largest absolute Gasteiger partial charge is 0.395 e. The molecule has 128 valence electrons. The Kier molecular flexibility index (Phi) is 4.90. The monoisotopic (exact) mass is 337 g/mol. The third-order valence-electron chi connectivity index (χ3n) is 3.95. The number of nitrogens with zero attached hydrogens (tertiary/aromatic N) is 3.